The first-order valence-corrected chi connectivity index (χ1v) is 6.02. The number of amides is 1. The average molecular weight is 227 g/mol. The van der Waals surface area contributed by atoms with Gasteiger partial charge in [0.15, 0.2) is 0 Å². The largest absolute Gasteiger partial charge is 0.444 e. The van der Waals surface area contributed by atoms with E-state index < -0.39 is 5.60 Å². The summed E-state index contributed by atoms with van der Waals surface area (Å²) in [6.45, 7) is 8.11. The zero-order valence-electron chi connectivity index (χ0n) is 10.4. The van der Waals surface area contributed by atoms with Crippen molar-refractivity contribution in [2.45, 2.75) is 51.2 Å². The summed E-state index contributed by atoms with van der Waals surface area (Å²) < 4.78 is 10.8. The maximum absolute atomic E-state index is 11.9. The molecule has 0 bridgehead atoms. The zero-order chi connectivity index (χ0) is 11.8. The molecule has 1 atom stereocenters. The highest BCUT2D eigenvalue weighted by molar-refractivity contribution is 5.68. The van der Waals surface area contributed by atoms with E-state index in [2.05, 4.69) is 0 Å². The highest BCUT2D eigenvalue weighted by Gasteiger charge is 2.45. The van der Waals surface area contributed by atoms with Crippen LogP contribution in [0.4, 0.5) is 4.79 Å². The van der Waals surface area contributed by atoms with Crippen molar-refractivity contribution in [1.82, 2.24) is 4.90 Å². The number of hydrogen-bond acceptors (Lipinski definition) is 3. The molecule has 2 rings (SSSR count). The fraction of sp³-hybridized carbons (Fsp3) is 0.917. The summed E-state index contributed by atoms with van der Waals surface area (Å²) in [4.78, 5) is 13.7. The summed E-state index contributed by atoms with van der Waals surface area (Å²) in [6.07, 6.45) is 2.85. The normalized spacial score (nSPS) is 30.1. The summed E-state index contributed by atoms with van der Waals surface area (Å²) in [6, 6.07) is 0. The van der Waals surface area contributed by atoms with Gasteiger partial charge in [0.1, 0.15) is 5.60 Å². The van der Waals surface area contributed by atoms with Crippen LogP contribution < -0.4 is 0 Å². The molecule has 2 saturated heterocycles. The second kappa shape index (κ2) is 3.91. The molecule has 2 heterocycles. The average Bonchev–Trinajstić information content (AvgIpc) is 2.92. The molecule has 1 spiro atoms. The lowest BCUT2D eigenvalue weighted by molar-refractivity contribution is 0.0254. The van der Waals surface area contributed by atoms with Gasteiger partial charge in [0, 0.05) is 13.1 Å². The molecule has 1 amide bonds. The van der Waals surface area contributed by atoms with Gasteiger partial charge < -0.3 is 14.4 Å². The number of rotatable bonds is 0. The SMILES string of the molecule is CC(C)(C)OC(=O)N1CCCC2(CC1)CO2. The Morgan fingerprint density at radius 3 is 2.56 bits per heavy atom. The van der Waals surface area contributed by atoms with E-state index in [0.717, 1.165) is 39.0 Å². The number of nitrogens with zero attached hydrogens (tertiary/aromatic N) is 1. The Kier molecular flexibility index (Phi) is 2.86. The van der Waals surface area contributed by atoms with Crippen molar-refractivity contribution in [3.8, 4) is 0 Å². The monoisotopic (exact) mass is 227 g/mol. The third kappa shape index (κ3) is 2.88. The molecule has 0 aliphatic carbocycles. The van der Waals surface area contributed by atoms with Gasteiger partial charge >= 0.3 is 6.09 Å². The highest BCUT2D eigenvalue weighted by atomic mass is 16.6. The minimum atomic E-state index is -0.406. The van der Waals surface area contributed by atoms with Crippen molar-refractivity contribution < 1.29 is 14.3 Å². The van der Waals surface area contributed by atoms with Crippen molar-refractivity contribution in [1.29, 1.82) is 0 Å². The quantitative estimate of drug-likeness (QED) is 0.596. The van der Waals surface area contributed by atoms with Crippen LogP contribution in [0.15, 0.2) is 0 Å². The first-order chi connectivity index (χ1) is 7.40. The van der Waals surface area contributed by atoms with Crippen LogP contribution in [0, 0.1) is 0 Å². The lowest BCUT2D eigenvalue weighted by Crippen LogP contribution is -2.37. The van der Waals surface area contributed by atoms with E-state index in [1.807, 2.05) is 25.7 Å². The zero-order valence-corrected chi connectivity index (χ0v) is 10.4. The van der Waals surface area contributed by atoms with Crippen LogP contribution in [0.1, 0.15) is 40.0 Å². The Morgan fingerprint density at radius 1 is 1.31 bits per heavy atom. The number of carbonyl (C=O) groups excluding carboxylic acids is 1. The Morgan fingerprint density at radius 2 is 2.00 bits per heavy atom. The van der Waals surface area contributed by atoms with Crippen molar-refractivity contribution in [3.63, 3.8) is 0 Å². The van der Waals surface area contributed by atoms with Gasteiger partial charge in [0.25, 0.3) is 0 Å². The van der Waals surface area contributed by atoms with Crippen LogP contribution in [0.5, 0.6) is 0 Å². The molecule has 4 nitrogen and oxygen atoms in total. The molecule has 2 fully saturated rings. The molecule has 16 heavy (non-hydrogen) atoms. The summed E-state index contributed by atoms with van der Waals surface area (Å²) in [5, 5.41) is 0. The van der Waals surface area contributed by atoms with Crippen LogP contribution in [-0.2, 0) is 9.47 Å². The minimum absolute atomic E-state index is 0.108. The molecular weight excluding hydrogens is 206 g/mol. The van der Waals surface area contributed by atoms with Gasteiger partial charge in [-0.15, -0.1) is 0 Å². The molecule has 0 aromatic carbocycles. The van der Waals surface area contributed by atoms with Crippen molar-refractivity contribution in [2.75, 3.05) is 19.7 Å². The number of epoxide rings is 1. The van der Waals surface area contributed by atoms with Crippen molar-refractivity contribution >= 4 is 6.09 Å². The number of ether oxygens (including phenoxy) is 2. The van der Waals surface area contributed by atoms with Gasteiger partial charge in [-0.25, -0.2) is 4.79 Å². The predicted octanol–water partition coefficient (Wildman–Crippen LogP) is 2.18. The Bertz CT molecular complexity index is 278. The van der Waals surface area contributed by atoms with E-state index >= 15 is 0 Å². The van der Waals surface area contributed by atoms with E-state index in [-0.39, 0.29) is 11.7 Å². The molecule has 2 aliphatic heterocycles. The standard InChI is InChI=1S/C12H21NO3/c1-11(2,3)16-10(14)13-7-4-5-12(6-8-13)9-15-12/h4-9H2,1-3H3. The molecule has 0 radical (unpaired) electrons. The van der Waals surface area contributed by atoms with Crippen molar-refractivity contribution in [3.05, 3.63) is 0 Å². The van der Waals surface area contributed by atoms with Gasteiger partial charge in [-0.1, -0.05) is 0 Å². The lowest BCUT2D eigenvalue weighted by Gasteiger charge is -2.26. The topological polar surface area (TPSA) is 42.1 Å². The maximum atomic E-state index is 11.9. The summed E-state index contributed by atoms with van der Waals surface area (Å²) >= 11 is 0. The molecular formula is C12H21NO3. The van der Waals surface area contributed by atoms with E-state index in [1.165, 1.54) is 0 Å². The highest BCUT2D eigenvalue weighted by Crippen LogP contribution is 2.37. The minimum Gasteiger partial charge on any atom is -0.444 e. The smallest absolute Gasteiger partial charge is 0.410 e. The third-order valence-electron chi connectivity index (χ3n) is 3.10. The van der Waals surface area contributed by atoms with Gasteiger partial charge in [0.2, 0.25) is 0 Å². The molecule has 0 aromatic rings. The molecule has 0 aromatic heterocycles. The molecule has 2 aliphatic rings. The van der Waals surface area contributed by atoms with Crippen LogP contribution in [-0.4, -0.2) is 41.9 Å². The van der Waals surface area contributed by atoms with Gasteiger partial charge in [0.05, 0.1) is 12.2 Å². The molecule has 0 saturated carbocycles. The predicted molar refractivity (Wildman–Crippen MR) is 60.3 cm³/mol. The van der Waals surface area contributed by atoms with Crippen LogP contribution >= 0.6 is 0 Å². The van der Waals surface area contributed by atoms with E-state index in [1.54, 1.807) is 0 Å². The van der Waals surface area contributed by atoms with Gasteiger partial charge in [-0.05, 0) is 40.0 Å². The lowest BCUT2D eigenvalue weighted by atomic mass is 10.0. The molecule has 0 N–H and O–H groups in total. The van der Waals surface area contributed by atoms with Gasteiger partial charge in [-0.3, -0.25) is 0 Å². The summed E-state index contributed by atoms with van der Waals surface area (Å²) in [5.41, 5.74) is -0.298. The van der Waals surface area contributed by atoms with E-state index in [9.17, 15) is 4.79 Å². The molecule has 1 unspecified atom stereocenters. The van der Waals surface area contributed by atoms with E-state index in [4.69, 9.17) is 9.47 Å². The maximum Gasteiger partial charge on any atom is 0.410 e. The fourth-order valence-corrected chi connectivity index (χ4v) is 2.07. The summed E-state index contributed by atoms with van der Waals surface area (Å²) in [7, 11) is 0. The second-order valence-corrected chi connectivity index (χ2v) is 5.79. The Balaban J connectivity index is 1.87. The Hall–Kier alpha value is -0.770. The van der Waals surface area contributed by atoms with Gasteiger partial charge in [-0.2, -0.15) is 0 Å². The van der Waals surface area contributed by atoms with E-state index in [0.29, 0.717) is 0 Å². The number of hydrogen-bond donors (Lipinski definition) is 0. The molecule has 4 heteroatoms. The number of likely N-dealkylation sites (tertiary alicyclic amines) is 1. The third-order valence-corrected chi connectivity index (χ3v) is 3.10. The summed E-state index contributed by atoms with van der Waals surface area (Å²) in [5.74, 6) is 0. The van der Waals surface area contributed by atoms with Crippen LogP contribution in [0.3, 0.4) is 0 Å². The fourth-order valence-electron chi connectivity index (χ4n) is 2.07. The van der Waals surface area contributed by atoms with Crippen molar-refractivity contribution in [2.24, 2.45) is 0 Å². The first kappa shape index (κ1) is 11.7. The Labute approximate surface area is 96.9 Å². The molecule has 92 valence electrons. The second-order valence-electron chi connectivity index (χ2n) is 5.79. The first-order valence-electron chi connectivity index (χ1n) is 6.02. The van der Waals surface area contributed by atoms with Crippen LogP contribution in [0.25, 0.3) is 0 Å². The van der Waals surface area contributed by atoms with Crippen LogP contribution in [0.2, 0.25) is 0 Å². The number of carbonyl (C=O) groups is 1.